The second-order valence-corrected chi connectivity index (χ2v) is 15.9. The average Bonchev–Trinajstić information content (AvgIpc) is 3.08. The van der Waals surface area contributed by atoms with Crippen LogP contribution in [0.3, 0.4) is 0 Å². The number of ether oxygens (including phenoxy) is 3. The molecule has 0 aromatic rings. The van der Waals surface area contributed by atoms with Gasteiger partial charge in [0, 0.05) is 19.3 Å². The molecule has 0 unspecified atom stereocenters. The van der Waals surface area contributed by atoms with E-state index in [1.807, 2.05) is 0 Å². The lowest BCUT2D eigenvalue weighted by molar-refractivity contribution is -0.167. The van der Waals surface area contributed by atoms with Gasteiger partial charge in [0.2, 0.25) is 0 Å². The van der Waals surface area contributed by atoms with Gasteiger partial charge in [0.25, 0.3) is 0 Å². The van der Waals surface area contributed by atoms with E-state index in [0.717, 1.165) is 76.0 Å². The van der Waals surface area contributed by atoms with Crippen molar-refractivity contribution in [3.05, 3.63) is 0 Å². The Hall–Kier alpha value is -1.59. The monoisotopic (exact) mass is 709 g/mol. The van der Waals surface area contributed by atoms with E-state index < -0.39 is 6.10 Å². The number of carbonyl (C=O) groups is 3. The van der Waals surface area contributed by atoms with Crippen molar-refractivity contribution in [2.45, 2.75) is 240 Å². The van der Waals surface area contributed by atoms with Crippen LogP contribution in [0.1, 0.15) is 234 Å². The molecule has 0 spiro atoms. The summed E-state index contributed by atoms with van der Waals surface area (Å²) in [5.41, 5.74) is 0. The lowest BCUT2D eigenvalue weighted by Gasteiger charge is -2.18. The van der Waals surface area contributed by atoms with E-state index in [-0.39, 0.29) is 31.1 Å². The fourth-order valence-corrected chi connectivity index (χ4v) is 6.40. The molecule has 0 heterocycles. The Bertz CT molecular complexity index is 764. The zero-order valence-corrected chi connectivity index (χ0v) is 34.0. The summed E-state index contributed by atoms with van der Waals surface area (Å²) in [5.74, 6) is 0.729. The highest BCUT2D eigenvalue weighted by atomic mass is 16.6. The van der Waals surface area contributed by atoms with Crippen LogP contribution < -0.4 is 0 Å². The Labute approximate surface area is 310 Å². The highest BCUT2D eigenvalue weighted by Gasteiger charge is 2.19. The van der Waals surface area contributed by atoms with Gasteiger partial charge in [-0.3, -0.25) is 14.4 Å². The van der Waals surface area contributed by atoms with Gasteiger partial charge in [-0.15, -0.1) is 0 Å². The summed E-state index contributed by atoms with van der Waals surface area (Å²) in [6.07, 6.45) is 34.2. The lowest BCUT2D eigenvalue weighted by atomic mass is 10.0. The van der Waals surface area contributed by atoms with Crippen LogP contribution in [0.15, 0.2) is 0 Å². The molecule has 0 saturated carbocycles. The van der Waals surface area contributed by atoms with E-state index in [2.05, 4.69) is 34.6 Å². The summed E-state index contributed by atoms with van der Waals surface area (Å²) < 4.78 is 16.5. The van der Waals surface area contributed by atoms with Gasteiger partial charge >= 0.3 is 17.9 Å². The van der Waals surface area contributed by atoms with Crippen molar-refractivity contribution in [3.8, 4) is 0 Å². The summed E-state index contributed by atoms with van der Waals surface area (Å²) in [5, 5.41) is 0. The molecule has 6 heteroatoms. The number of esters is 3. The van der Waals surface area contributed by atoms with Crippen molar-refractivity contribution in [3.63, 3.8) is 0 Å². The molecule has 0 amide bonds. The summed E-state index contributed by atoms with van der Waals surface area (Å²) in [4.78, 5) is 37.3. The Morgan fingerprint density at radius 2 is 0.660 bits per heavy atom. The number of rotatable bonds is 38. The topological polar surface area (TPSA) is 78.9 Å². The Morgan fingerprint density at radius 3 is 0.980 bits per heavy atom. The highest BCUT2D eigenvalue weighted by Crippen LogP contribution is 2.16. The molecule has 0 rings (SSSR count). The molecule has 0 saturated heterocycles. The first kappa shape index (κ1) is 48.4. The molecule has 0 aliphatic rings. The SMILES string of the molecule is CCCCCCCC(=O)OC[C@@H](COC(=O)CCCCCCCCCCCCCCCCCC(C)C)OC(=O)CCCCCCCCC(C)C. The van der Waals surface area contributed by atoms with Crippen molar-refractivity contribution < 1.29 is 28.6 Å². The predicted octanol–water partition coefficient (Wildman–Crippen LogP) is 13.4. The van der Waals surface area contributed by atoms with Crippen LogP contribution in [-0.2, 0) is 28.6 Å². The zero-order valence-electron chi connectivity index (χ0n) is 34.0. The molecule has 0 aromatic carbocycles. The normalized spacial score (nSPS) is 12.1. The maximum absolute atomic E-state index is 12.6. The minimum absolute atomic E-state index is 0.0670. The second kappa shape index (κ2) is 37.2. The van der Waals surface area contributed by atoms with E-state index in [4.69, 9.17) is 14.2 Å². The molecule has 0 aliphatic heterocycles. The van der Waals surface area contributed by atoms with Crippen LogP contribution in [-0.4, -0.2) is 37.2 Å². The van der Waals surface area contributed by atoms with Crippen LogP contribution in [0, 0.1) is 11.8 Å². The van der Waals surface area contributed by atoms with Crippen molar-refractivity contribution in [2.75, 3.05) is 13.2 Å². The summed E-state index contributed by atoms with van der Waals surface area (Å²) in [6.45, 7) is 11.2. The summed E-state index contributed by atoms with van der Waals surface area (Å²) >= 11 is 0. The maximum Gasteiger partial charge on any atom is 0.306 e. The number of carbonyl (C=O) groups excluding carboxylic acids is 3. The van der Waals surface area contributed by atoms with Crippen molar-refractivity contribution in [2.24, 2.45) is 11.8 Å². The number of unbranched alkanes of at least 4 members (excludes halogenated alkanes) is 23. The molecule has 0 radical (unpaired) electrons. The third kappa shape index (κ3) is 37.7. The molecule has 0 aliphatic carbocycles. The number of hydrogen-bond acceptors (Lipinski definition) is 6. The average molecular weight is 709 g/mol. The summed E-state index contributed by atoms with van der Waals surface area (Å²) in [6, 6.07) is 0. The lowest BCUT2D eigenvalue weighted by Crippen LogP contribution is -2.30. The molecule has 0 bridgehead atoms. The van der Waals surface area contributed by atoms with Gasteiger partial charge in [0.1, 0.15) is 13.2 Å². The maximum atomic E-state index is 12.6. The van der Waals surface area contributed by atoms with E-state index >= 15 is 0 Å². The van der Waals surface area contributed by atoms with Crippen LogP contribution in [0.25, 0.3) is 0 Å². The van der Waals surface area contributed by atoms with Crippen molar-refractivity contribution in [1.82, 2.24) is 0 Å². The smallest absolute Gasteiger partial charge is 0.306 e. The first-order valence-corrected chi connectivity index (χ1v) is 21.7. The van der Waals surface area contributed by atoms with E-state index in [9.17, 15) is 14.4 Å². The zero-order chi connectivity index (χ0) is 36.9. The molecule has 296 valence electrons. The van der Waals surface area contributed by atoms with Crippen LogP contribution >= 0.6 is 0 Å². The largest absolute Gasteiger partial charge is 0.462 e. The molecule has 50 heavy (non-hydrogen) atoms. The Morgan fingerprint density at radius 1 is 0.380 bits per heavy atom. The first-order valence-electron chi connectivity index (χ1n) is 21.7. The second-order valence-electron chi connectivity index (χ2n) is 15.9. The minimum Gasteiger partial charge on any atom is -0.462 e. The summed E-state index contributed by atoms with van der Waals surface area (Å²) in [7, 11) is 0. The van der Waals surface area contributed by atoms with Gasteiger partial charge < -0.3 is 14.2 Å². The third-order valence-corrected chi connectivity index (χ3v) is 9.72. The van der Waals surface area contributed by atoms with Crippen molar-refractivity contribution in [1.29, 1.82) is 0 Å². The van der Waals surface area contributed by atoms with Gasteiger partial charge in [0.15, 0.2) is 6.10 Å². The standard InChI is InChI=1S/C44H84O6/c1-6-7-8-22-29-34-42(45)48-37-41(50-44(47)36-31-26-21-20-24-28-33-40(4)5)38-49-43(46)35-30-25-19-17-15-13-11-9-10-12-14-16-18-23-27-32-39(2)3/h39-41H,6-38H2,1-5H3/t41-/m0/s1. The Kier molecular flexibility index (Phi) is 36.0. The predicted molar refractivity (Wildman–Crippen MR) is 210 cm³/mol. The molecule has 0 aromatic heterocycles. The molecule has 0 N–H and O–H groups in total. The van der Waals surface area contributed by atoms with Crippen molar-refractivity contribution >= 4 is 17.9 Å². The van der Waals surface area contributed by atoms with E-state index in [0.29, 0.717) is 19.3 Å². The molecular formula is C44H84O6. The first-order chi connectivity index (χ1) is 24.2. The van der Waals surface area contributed by atoms with Crippen LogP contribution in [0.4, 0.5) is 0 Å². The fraction of sp³-hybridized carbons (Fsp3) is 0.932. The number of hydrogen-bond donors (Lipinski definition) is 0. The molecular weight excluding hydrogens is 624 g/mol. The van der Waals surface area contributed by atoms with Gasteiger partial charge in [0.05, 0.1) is 0 Å². The van der Waals surface area contributed by atoms with E-state index in [1.165, 1.54) is 116 Å². The minimum atomic E-state index is -0.758. The highest BCUT2D eigenvalue weighted by molar-refractivity contribution is 5.71. The van der Waals surface area contributed by atoms with E-state index in [1.54, 1.807) is 0 Å². The third-order valence-electron chi connectivity index (χ3n) is 9.72. The molecule has 6 nitrogen and oxygen atoms in total. The van der Waals surface area contributed by atoms with Gasteiger partial charge in [-0.2, -0.15) is 0 Å². The van der Waals surface area contributed by atoms with Gasteiger partial charge in [-0.25, -0.2) is 0 Å². The quantitative estimate of drug-likeness (QED) is 0.0361. The van der Waals surface area contributed by atoms with Crippen LogP contribution in [0.5, 0.6) is 0 Å². The fourth-order valence-electron chi connectivity index (χ4n) is 6.40. The van der Waals surface area contributed by atoms with Gasteiger partial charge in [-0.1, -0.05) is 195 Å². The Balaban J connectivity index is 4.11. The van der Waals surface area contributed by atoms with Gasteiger partial charge in [-0.05, 0) is 31.1 Å². The van der Waals surface area contributed by atoms with Crippen LogP contribution in [0.2, 0.25) is 0 Å². The molecule has 0 fully saturated rings. The molecule has 1 atom stereocenters.